The Bertz CT molecular complexity index is 885. The van der Waals surface area contributed by atoms with Crippen LogP contribution in [0.15, 0.2) is 29.2 Å². The summed E-state index contributed by atoms with van der Waals surface area (Å²) in [7, 11) is 1.63. The first-order chi connectivity index (χ1) is 14.1. The molecule has 0 unspecified atom stereocenters. The van der Waals surface area contributed by atoms with Crippen LogP contribution in [-0.4, -0.2) is 69.2 Å². The highest BCUT2D eigenvalue weighted by Gasteiger charge is 2.35. The second kappa shape index (κ2) is 9.84. The number of carboxylic acid groups (broad SMARTS) is 1. The van der Waals surface area contributed by atoms with Gasteiger partial charge in [-0.2, -0.15) is 4.98 Å². The van der Waals surface area contributed by atoms with Gasteiger partial charge in [0.15, 0.2) is 18.3 Å². The molecule has 0 fully saturated rings. The van der Waals surface area contributed by atoms with Crippen molar-refractivity contribution in [2.45, 2.75) is 37.3 Å². The Hall–Kier alpha value is -3.45. The van der Waals surface area contributed by atoms with E-state index >= 15 is 0 Å². The number of anilines is 1. The van der Waals surface area contributed by atoms with Gasteiger partial charge in [0.1, 0.15) is 5.82 Å². The number of aliphatic carboxylic acids is 1. The lowest BCUT2D eigenvalue weighted by molar-refractivity contribution is -0.159. The van der Waals surface area contributed by atoms with E-state index < -0.39 is 42.0 Å². The molecular weight excluding hydrogens is 396 g/mol. The average Bonchev–Trinajstić information content (AvgIpc) is 2.66. The quantitative estimate of drug-likeness (QED) is 0.151. The minimum absolute atomic E-state index is 0.0294. The molecule has 2 rings (SSSR count). The van der Waals surface area contributed by atoms with E-state index in [1.54, 1.807) is 7.05 Å². The second-order valence-corrected chi connectivity index (χ2v) is 6.87. The summed E-state index contributed by atoms with van der Waals surface area (Å²) < 4.78 is 6.57. The van der Waals surface area contributed by atoms with Crippen LogP contribution in [0, 0.1) is 5.41 Å². The summed E-state index contributed by atoms with van der Waals surface area (Å²) in [6.45, 7) is 0.403. The van der Waals surface area contributed by atoms with Gasteiger partial charge in [-0.1, -0.05) is 6.08 Å². The molecule has 0 aliphatic carbocycles. The van der Waals surface area contributed by atoms with Gasteiger partial charge in [-0.15, -0.1) is 0 Å². The summed E-state index contributed by atoms with van der Waals surface area (Å²) in [5.74, 6) is -1.84. The molecule has 13 nitrogen and oxygen atoms in total. The topological polar surface area (TPSA) is 216 Å². The van der Waals surface area contributed by atoms with Crippen LogP contribution >= 0.6 is 0 Å². The molecule has 0 saturated carbocycles. The number of rotatable bonds is 8. The summed E-state index contributed by atoms with van der Waals surface area (Å²) in [5, 5.41) is 19.4. The first-order valence-electron chi connectivity index (χ1n) is 9.10. The molecule has 4 atom stereocenters. The number of nitrogens with two attached hydrogens (primary N) is 3. The van der Waals surface area contributed by atoms with Gasteiger partial charge in [-0.05, 0) is 18.6 Å². The smallest absolute Gasteiger partial charge is 0.351 e. The minimum atomic E-state index is -1.42. The lowest BCUT2D eigenvalue weighted by atomic mass is 10.1. The molecule has 0 radical (unpaired) electrons. The van der Waals surface area contributed by atoms with Gasteiger partial charge in [-0.25, -0.2) is 9.59 Å². The number of ether oxygens (including phenoxy) is 1. The zero-order chi connectivity index (χ0) is 22.4. The summed E-state index contributed by atoms with van der Waals surface area (Å²) in [4.78, 5) is 40.9. The molecule has 1 aromatic heterocycles. The number of amides is 1. The molecule has 30 heavy (non-hydrogen) atoms. The monoisotopic (exact) mass is 422 g/mol. The summed E-state index contributed by atoms with van der Waals surface area (Å²) >= 11 is 0. The highest BCUT2D eigenvalue weighted by Crippen LogP contribution is 2.20. The van der Waals surface area contributed by atoms with E-state index in [4.69, 9.17) is 27.3 Å². The van der Waals surface area contributed by atoms with Crippen molar-refractivity contribution < 1.29 is 19.4 Å². The number of aromatic nitrogens is 2. The van der Waals surface area contributed by atoms with Gasteiger partial charge in [-0.3, -0.25) is 14.8 Å². The number of carbonyl (C=O) groups is 2. The van der Waals surface area contributed by atoms with Crippen LogP contribution in [0.3, 0.4) is 0 Å². The average molecular weight is 422 g/mol. The summed E-state index contributed by atoms with van der Waals surface area (Å²) in [6.07, 6.45) is 2.17. The van der Waals surface area contributed by atoms with Gasteiger partial charge in [0.25, 0.3) is 0 Å². The fraction of sp³-hybridized carbons (Fsp3) is 0.471. The number of hydrogen-bond donors (Lipinski definition) is 6. The number of guanidine groups is 1. The normalized spacial score (nSPS) is 21.6. The van der Waals surface area contributed by atoms with E-state index in [9.17, 15) is 19.5 Å². The standard InChI is InChI=1S/C17H26N8O5/c1-24(16(20)21)6-4-9(18)8-12(26)22-10-2-3-13(30-14(10)15(27)28)25-7-5-11(19)23-17(25)29/h2-3,5,7,9-10,13-14H,4,6,8,18H2,1H3,(H3,20,21)(H,22,26)(H,27,28)(H2,19,23,29)/t9-,10-,13+,14-/m0/s1. The Morgan fingerprint density at radius 2 is 2.17 bits per heavy atom. The van der Waals surface area contributed by atoms with Crippen molar-refractivity contribution in [1.82, 2.24) is 19.8 Å². The Morgan fingerprint density at radius 1 is 1.47 bits per heavy atom. The van der Waals surface area contributed by atoms with Crippen LogP contribution in [0.5, 0.6) is 0 Å². The number of carbonyl (C=O) groups excluding carboxylic acids is 1. The van der Waals surface area contributed by atoms with E-state index in [-0.39, 0.29) is 18.2 Å². The fourth-order valence-corrected chi connectivity index (χ4v) is 2.77. The predicted molar refractivity (Wildman–Crippen MR) is 107 cm³/mol. The molecule has 164 valence electrons. The molecule has 0 saturated heterocycles. The number of hydrogen-bond acceptors (Lipinski definition) is 8. The molecule has 1 aliphatic heterocycles. The minimum Gasteiger partial charge on any atom is -0.479 e. The third-order valence-corrected chi connectivity index (χ3v) is 4.49. The van der Waals surface area contributed by atoms with Crippen molar-refractivity contribution >= 4 is 23.7 Å². The number of nitrogens with zero attached hydrogens (tertiary/aromatic N) is 3. The zero-order valence-corrected chi connectivity index (χ0v) is 16.4. The Kier molecular flexibility index (Phi) is 7.49. The van der Waals surface area contributed by atoms with E-state index in [0.717, 1.165) is 4.57 Å². The maximum atomic E-state index is 12.3. The van der Waals surface area contributed by atoms with E-state index in [0.29, 0.717) is 13.0 Å². The van der Waals surface area contributed by atoms with Crippen molar-refractivity contribution in [2.75, 3.05) is 19.3 Å². The molecule has 0 aromatic carbocycles. The Labute approximate surface area is 172 Å². The van der Waals surface area contributed by atoms with Gasteiger partial charge in [0, 0.05) is 32.3 Å². The summed E-state index contributed by atoms with van der Waals surface area (Å²) in [6, 6.07) is -0.0702. The van der Waals surface area contributed by atoms with Crippen LogP contribution in [-0.2, 0) is 14.3 Å². The molecule has 2 heterocycles. The lowest BCUT2D eigenvalue weighted by Crippen LogP contribution is -2.51. The van der Waals surface area contributed by atoms with E-state index in [2.05, 4.69) is 10.3 Å². The van der Waals surface area contributed by atoms with Crippen LogP contribution in [0.25, 0.3) is 0 Å². The molecular formula is C17H26N8O5. The van der Waals surface area contributed by atoms with Crippen LogP contribution < -0.4 is 28.2 Å². The highest BCUT2D eigenvalue weighted by molar-refractivity contribution is 5.80. The van der Waals surface area contributed by atoms with Crippen molar-refractivity contribution in [2.24, 2.45) is 11.5 Å². The van der Waals surface area contributed by atoms with Gasteiger partial charge in [0.2, 0.25) is 5.91 Å². The SMILES string of the molecule is CN(CC[C@H](N)CC(=O)N[C@H]1C=C[C@H](n2ccc(N)nc2=O)O[C@@H]1C(=O)O)C(=N)N. The van der Waals surface area contributed by atoms with Crippen molar-refractivity contribution in [3.8, 4) is 0 Å². The molecule has 0 spiro atoms. The van der Waals surface area contributed by atoms with Gasteiger partial charge < -0.3 is 37.3 Å². The molecule has 1 amide bonds. The number of nitrogens with one attached hydrogen (secondary N) is 2. The lowest BCUT2D eigenvalue weighted by Gasteiger charge is -2.31. The maximum Gasteiger partial charge on any atom is 0.351 e. The van der Waals surface area contributed by atoms with Crippen LogP contribution in [0.4, 0.5) is 5.82 Å². The second-order valence-electron chi connectivity index (χ2n) is 6.87. The van der Waals surface area contributed by atoms with Crippen LogP contribution in [0.2, 0.25) is 0 Å². The fourth-order valence-electron chi connectivity index (χ4n) is 2.77. The molecule has 9 N–H and O–H groups in total. The van der Waals surface area contributed by atoms with Gasteiger partial charge in [0.05, 0.1) is 6.04 Å². The molecule has 1 aromatic rings. The van der Waals surface area contributed by atoms with E-state index in [1.807, 2.05) is 0 Å². The summed E-state index contributed by atoms with van der Waals surface area (Å²) in [5.41, 5.74) is 16.0. The predicted octanol–water partition coefficient (Wildman–Crippen LogP) is -2.22. The Balaban J connectivity index is 2.01. The van der Waals surface area contributed by atoms with E-state index in [1.165, 1.54) is 29.3 Å². The molecule has 13 heteroatoms. The molecule has 0 bridgehead atoms. The van der Waals surface area contributed by atoms with Crippen LogP contribution in [0.1, 0.15) is 19.1 Å². The number of nitrogen functional groups attached to an aromatic ring is 1. The van der Waals surface area contributed by atoms with Gasteiger partial charge >= 0.3 is 11.7 Å². The van der Waals surface area contributed by atoms with Crippen molar-refractivity contribution in [1.29, 1.82) is 5.41 Å². The van der Waals surface area contributed by atoms with Crippen molar-refractivity contribution in [3.05, 3.63) is 34.9 Å². The van der Waals surface area contributed by atoms with Crippen molar-refractivity contribution in [3.63, 3.8) is 0 Å². The zero-order valence-electron chi connectivity index (χ0n) is 16.4. The number of carboxylic acids is 1. The largest absolute Gasteiger partial charge is 0.479 e. The first kappa shape index (κ1) is 22.8. The maximum absolute atomic E-state index is 12.3. The Morgan fingerprint density at radius 3 is 2.77 bits per heavy atom. The third-order valence-electron chi connectivity index (χ3n) is 4.49. The third kappa shape index (κ3) is 6.02. The first-order valence-corrected chi connectivity index (χ1v) is 9.10. The highest BCUT2D eigenvalue weighted by atomic mass is 16.5. The molecule has 1 aliphatic rings.